The molecule has 1 aromatic carbocycles. The monoisotopic (exact) mass is 249 g/mol. The molecule has 0 heterocycles. The highest BCUT2D eigenvalue weighted by Gasteiger charge is 2.09. The Kier molecular flexibility index (Phi) is 5.01. The maximum absolute atomic E-state index is 11.8. The Hall–Kier alpha value is -1.71. The van der Waals surface area contributed by atoms with Gasteiger partial charge in [-0.3, -0.25) is 4.79 Å². The molecule has 0 unspecified atom stereocenters. The molecule has 1 atom stereocenters. The van der Waals surface area contributed by atoms with Gasteiger partial charge in [-0.1, -0.05) is 6.92 Å². The molecule has 0 bridgehead atoms. The van der Waals surface area contributed by atoms with Crippen molar-refractivity contribution in [1.29, 1.82) is 0 Å². The van der Waals surface area contributed by atoms with Crippen LogP contribution in [0.5, 0.6) is 0 Å². The minimum absolute atomic E-state index is 0.0909. The fraction of sp³-hybridized carbons (Fsp3) is 0.500. The van der Waals surface area contributed by atoms with E-state index in [4.69, 9.17) is 5.73 Å². The number of hydrogen-bond donors (Lipinski definition) is 3. The van der Waals surface area contributed by atoms with Crippen LogP contribution in [0, 0.1) is 0 Å². The predicted molar refractivity (Wildman–Crippen MR) is 76.8 cm³/mol. The summed E-state index contributed by atoms with van der Waals surface area (Å²) in [5.74, 6) is -0.0909. The zero-order chi connectivity index (χ0) is 13.7. The normalized spacial score (nSPS) is 12.3. The standard InChI is InChI=1S/C14H23N3O/c1-5-10(4)17-13-7-6-11(8-12(13)15)14(18)16-9(2)3/h6-10,17H,5,15H2,1-4H3,(H,16,18)/t10-/m0/s1. The minimum Gasteiger partial charge on any atom is -0.397 e. The fourth-order valence-corrected chi connectivity index (χ4v) is 1.55. The van der Waals surface area contributed by atoms with Gasteiger partial charge in [0.05, 0.1) is 11.4 Å². The largest absolute Gasteiger partial charge is 0.397 e. The molecule has 4 N–H and O–H groups in total. The van der Waals surface area contributed by atoms with Crippen molar-refractivity contribution in [1.82, 2.24) is 5.32 Å². The molecule has 0 saturated carbocycles. The zero-order valence-corrected chi connectivity index (χ0v) is 11.6. The first-order valence-corrected chi connectivity index (χ1v) is 6.41. The van der Waals surface area contributed by atoms with Gasteiger partial charge in [0, 0.05) is 17.6 Å². The number of nitrogens with two attached hydrogens (primary N) is 1. The van der Waals surface area contributed by atoms with Gasteiger partial charge in [0.2, 0.25) is 0 Å². The Morgan fingerprint density at radius 1 is 1.33 bits per heavy atom. The van der Waals surface area contributed by atoms with E-state index in [1.165, 1.54) is 0 Å². The van der Waals surface area contributed by atoms with Crippen molar-refractivity contribution >= 4 is 17.3 Å². The van der Waals surface area contributed by atoms with E-state index in [0.29, 0.717) is 17.3 Å². The second-order valence-corrected chi connectivity index (χ2v) is 4.88. The molecule has 0 aromatic heterocycles. The Morgan fingerprint density at radius 3 is 2.50 bits per heavy atom. The van der Waals surface area contributed by atoms with Crippen molar-refractivity contribution < 1.29 is 4.79 Å². The minimum atomic E-state index is -0.0909. The topological polar surface area (TPSA) is 67.2 Å². The Labute approximate surface area is 109 Å². The first-order valence-electron chi connectivity index (χ1n) is 6.41. The Balaban J connectivity index is 2.82. The molecular formula is C14H23N3O. The van der Waals surface area contributed by atoms with E-state index < -0.39 is 0 Å². The lowest BCUT2D eigenvalue weighted by atomic mass is 10.1. The number of nitrogens with one attached hydrogen (secondary N) is 2. The predicted octanol–water partition coefficient (Wildman–Crippen LogP) is 2.62. The van der Waals surface area contributed by atoms with Crippen molar-refractivity contribution in [3.8, 4) is 0 Å². The molecule has 1 aromatic rings. The van der Waals surface area contributed by atoms with E-state index in [-0.39, 0.29) is 11.9 Å². The third-order valence-electron chi connectivity index (χ3n) is 2.75. The SMILES string of the molecule is CC[C@H](C)Nc1ccc(C(=O)NC(C)C)cc1N. The van der Waals surface area contributed by atoms with Crippen molar-refractivity contribution in [2.75, 3.05) is 11.1 Å². The highest BCUT2D eigenvalue weighted by Crippen LogP contribution is 2.21. The quantitative estimate of drug-likeness (QED) is 0.703. The zero-order valence-electron chi connectivity index (χ0n) is 11.6. The van der Waals surface area contributed by atoms with Gasteiger partial charge in [0.1, 0.15) is 0 Å². The van der Waals surface area contributed by atoms with E-state index in [1.54, 1.807) is 12.1 Å². The number of benzene rings is 1. The molecule has 0 spiro atoms. The number of carbonyl (C=O) groups excluding carboxylic acids is 1. The van der Waals surface area contributed by atoms with Crippen LogP contribution in [0.2, 0.25) is 0 Å². The van der Waals surface area contributed by atoms with E-state index in [9.17, 15) is 4.79 Å². The molecule has 18 heavy (non-hydrogen) atoms. The van der Waals surface area contributed by atoms with Crippen molar-refractivity contribution in [3.63, 3.8) is 0 Å². The van der Waals surface area contributed by atoms with Crippen molar-refractivity contribution in [2.24, 2.45) is 0 Å². The summed E-state index contributed by atoms with van der Waals surface area (Å²) in [7, 11) is 0. The lowest BCUT2D eigenvalue weighted by Crippen LogP contribution is -2.30. The first-order chi connectivity index (χ1) is 8.43. The molecule has 0 saturated heterocycles. The summed E-state index contributed by atoms with van der Waals surface area (Å²) in [4.78, 5) is 11.8. The molecule has 0 aliphatic carbocycles. The van der Waals surface area contributed by atoms with Gasteiger partial charge in [0.15, 0.2) is 0 Å². The number of rotatable bonds is 5. The van der Waals surface area contributed by atoms with Crippen LogP contribution in [0.1, 0.15) is 44.5 Å². The average molecular weight is 249 g/mol. The number of anilines is 2. The van der Waals surface area contributed by atoms with E-state index >= 15 is 0 Å². The van der Waals surface area contributed by atoms with Crippen molar-refractivity contribution in [3.05, 3.63) is 23.8 Å². The number of carbonyl (C=O) groups is 1. The molecule has 4 heteroatoms. The molecule has 4 nitrogen and oxygen atoms in total. The van der Waals surface area contributed by atoms with Crippen LogP contribution in [-0.4, -0.2) is 18.0 Å². The van der Waals surface area contributed by atoms with Crippen LogP contribution in [-0.2, 0) is 0 Å². The number of amides is 1. The third kappa shape index (κ3) is 3.95. The van der Waals surface area contributed by atoms with Gasteiger partial charge in [-0.25, -0.2) is 0 Å². The lowest BCUT2D eigenvalue weighted by molar-refractivity contribution is 0.0943. The van der Waals surface area contributed by atoms with Crippen LogP contribution in [0.25, 0.3) is 0 Å². The van der Waals surface area contributed by atoms with Gasteiger partial charge < -0.3 is 16.4 Å². The average Bonchev–Trinajstić information content (AvgIpc) is 2.30. The van der Waals surface area contributed by atoms with Crippen molar-refractivity contribution in [2.45, 2.75) is 46.2 Å². The van der Waals surface area contributed by atoms with Gasteiger partial charge in [0.25, 0.3) is 5.91 Å². The maximum atomic E-state index is 11.8. The molecule has 0 fully saturated rings. The van der Waals surface area contributed by atoms with Gasteiger partial charge >= 0.3 is 0 Å². The molecule has 100 valence electrons. The molecule has 1 amide bonds. The Bertz CT molecular complexity index is 416. The first kappa shape index (κ1) is 14.4. The van der Waals surface area contributed by atoms with E-state index in [0.717, 1.165) is 12.1 Å². The highest BCUT2D eigenvalue weighted by atomic mass is 16.1. The maximum Gasteiger partial charge on any atom is 0.251 e. The van der Waals surface area contributed by atoms with E-state index in [2.05, 4.69) is 24.5 Å². The summed E-state index contributed by atoms with van der Waals surface area (Å²) in [6.45, 7) is 8.07. The third-order valence-corrected chi connectivity index (χ3v) is 2.75. The molecule has 0 radical (unpaired) electrons. The Morgan fingerprint density at radius 2 is 2.00 bits per heavy atom. The van der Waals surface area contributed by atoms with Gasteiger partial charge in [-0.15, -0.1) is 0 Å². The smallest absolute Gasteiger partial charge is 0.251 e. The lowest BCUT2D eigenvalue weighted by Gasteiger charge is -2.16. The van der Waals surface area contributed by atoms with Gasteiger partial charge in [-0.2, -0.15) is 0 Å². The second kappa shape index (κ2) is 6.28. The summed E-state index contributed by atoms with van der Waals surface area (Å²) in [5, 5.41) is 6.15. The molecular weight excluding hydrogens is 226 g/mol. The molecule has 1 rings (SSSR count). The van der Waals surface area contributed by atoms with Crippen LogP contribution in [0.4, 0.5) is 11.4 Å². The number of hydrogen-bond acceptors (Lipinski definition) is 3. The van der Waals surface area contributed by atoms with Crippen LogP contribution in [0.15, 0.2) is 18.2 Å². The van der Waals surface area contributed by atoms with Crippen LogP contribution < -0.4 is 16.4 Å². The van der Waals surface area contributed by atoms with Gasteiger partial charge in [-0.05, 0) is 45.4 Å². The summed E-state index contributed by atoms with van der Waals surface area (Å²) in [6.07, 6.45) is 1.02. The van der Waals surface area contributed by atoms with Crippen LogP contribution >= 0.6 is 0 Å². The van der Waals surface area contributed by atoms with E-state index in [1.807, 2.05) is 19.9 Å². The molecule has 0 aliphatic rings. The summed E-state index contributed by atoms with van der Waals surface area (Å²) in [5.41, 5.74) is 8.03. The summed E-state index contributed by atoms with van der Waals surface area (Å²) < 4.78 is 0. The highest BCUT2D eigenvalue weighted by molar-refractivity contribution is 5.96. The summed E-state index contributed by atoms with van der Waals surface area (Å²) >= 11 is 0. The fourth-order valence-electron chi connectivity index (χ4n) is 1.55. The second-order valence-electron chi connectivity index (χ2n) is 4.88. The van der Waals surface area contributed by atoms with Crippen LogP contribution in [0.3, 0.4) is 0 Å². The summed E-state index contributed by atoms with van der Waals surface area (Å²) in [6, 6.07) is 5.84. The molecule has 0 aliphatic heterocycles. The number of nitrogen functional groups attached to an aromatic ring is 1.